The number of esters is 4. The molecule has 0 saturated carbocycles. The molecule has 0 fully saturated rings. The predicted molar refractivity (Wildman–Crippen MR) is 400 cm³/mol. The van der Waals surface area contributed by atoms with E-state index in [9.17, 15) is 43.2 Å². The van der Waals surface area contributed by atoms with Gasteiger partial charge in [-0.2, -0.15) is 0 Å². The van der Waals surface area contributed by atoms with E-state index in [0.717, 1.165) is 102 Å². The van der Waals surface area contributed by atoms with Crippen LogP contribution < -0.4 is 0 Å². The van der Waals surface area contributed by atoms with Crippen molar-refractivity contribution < 1.29 is 80.2 Å². The molecule has 0 amide bonds. The minimum Gasteiger partial charge on any atom is -0.462 e. The molecule has 0 aliphatic carbocycles. The third kappa shape index (κ3) is 71.1. The second-order valence-electron chi connectivity index (χ2n) is 29.2. The lowest BCUT2D eigenvalue weighted by Gasteiger charge is -2.21. The Kier molecular flexibility index (Phi) is 69.3. The number of aliphatic hydroxyl groups excluding tert-OH is 1. The van der Waals surface area contributed by atoms with Gasteiger partial charge in [0.25, 0.3) is 0 Å². The maximum atomic E-state index is 13.1. The first-order chi connectivity index (χ1) is 47.4. The highest BCUT2D eigenvalue weighted by Crippen LogP contribution is 2.45. The van der Waals surface area contributed by atoms with Crippen LogP contribution in [0.1, 0.15) is 414 Å². The van der Waals surface area contributed by atoms with Crippen molar-refractivity contribution in [3.05, 3.63) is 0 Å². The molecule has 3 N–H and O–H groups in total. The Balaban J connectivity index is 5.19. The van der Waals surface area contributed by atoms with Crippen LogP contribution in [0.2, 0.25) is 0 Å². The minimum atomic E-state index is -4.96. The number of phosphoric ester groups is 2. The molecule has 0 radical (unpaired) electrons. The number of rotatable bonds is 78. The van der Waals surface area contributed by atoms with Crippen LogP contribution in [0.3, 0.4) is 0 Å². The Morgan fingerprint density at radius 2 is 0.520 bits per heavy atom. The Morgan fingerprint density at radius 1 is 0.296 bits per heavy atom. The lowest BCUT2D eigenvalue weighted by Crippen LogP contribution is -2.30. The highest BCUT2D eigenvalue weighted by molar-refractivity contribution is 7.47. The molecule has 17 nitrogen and oxygen atoms in total. The molecule has 0 aromatic rings. The van der Waals surface area contributed by atoms with Crippen LogP contribution >= 0.6 is 15.6 Å². The van der Waals surface area contributed by atoms with Crippen LogP contribution in [-0.2, 0) is 65.4 Å². The summed E-state index contributed by atoms with van der Waals surface area (Å²) in [5, 5.41) is 10.6. The highest BCUT2D eigenvalue weighted by atomic mass is 31.2. The van der Waals surface area contributed by atoms with E-state index >= 15 is 0 Å². The van der Waals surface area contributed by atoms with Gasteiger partial charge in [0, 0.05) is 25.7 Å². The van der Waals surface area contributed by atoms with Gasteiger partial charge in [-0.1, -0.05) is 363 Å². The largest absolute Gasteiger partial charge is 0.472 e. The van der Waals surface area contributed by atoms with Crippen molar-refractivity contribution in [2.24, 2.45) is 11.8 Å². The quantitative estimate of drug-likeness (QED) is 0.0222. The Morgan fingerprint density at radius 3 is 0.776 bits per heavy atom. The number of hydrogen-bond acceptors (Lipinski definition) is 15. The molecule has 582 valence electrons. The van der Waals surface area contributed by atoms with E-state index in [4.69, 9.17) is 37.0 Å². The molecule has 0 saturated heterocycles. The summed E-state index contributed by atoms with van der Waals surface area (Å²) in [5.74, 6) is -0.524. The van der Waals surface area contributed by atoms with Crippen LogP contribution in [-0.4, -0.2) is 96.7 Å². The van der Waals surface area contributed by atoms with Crippen LogP contribution in [0.15, 0.2) is 0 Å². The molecule has 0 spiro atoms. The highest BCUT2D eigenvalue weighted by Gasteiger charge is 2.30. The van der Waals surface area contributed by atoms with E-state index < -0.39 is 97.5 Å². The zero-order chi connectivity index (χ0) is 72.1. The number of aliphatic hydroxyl groups is 1. The Bertz CT molecular complexity index is 1890. The van der Waals surface area contributed by atoms with Gasteiger partial charge in [-0.05, 0) is 37.5 Å². The third-order valence-corrected chi connectivity index (χ3v) is 20.7. The van der Waals surface area contributed by atoms with Crippen molar-refractivity contribution in [2.45, 2.75) is 432 Å². The average molecular weight is 1440 g/mol. The number of carbonyl (C=O) groups excluding carboxylic acids is 4. The number of unbranched alkanes of at least 4 members (excludes halogenated alkanes) is 47. The van der Waals surface area contributed by atoms with Crippen LogP contribution in [0, 0.1) is 11.8 Å². The zero-order valence-corrected chi connectivity index (χ0v) is 65.9. The molecule has 0 aromatic heterocycles. The fourth-order valence-electron chi connectivity index (χ4n) is 12.2. The summed E-state index contributed by atoms with van der Waals surface area (Å²) in [6.07, 6.45) is 59.7. The standard InChI is InChI=1S/C79H154O17P2/c1-7-10-12-14-16-18-20-21-26-30-33-37-44-50-56-62-77(82)90-67-74(95-78(83)63-57-51-45-38-34-31-28-25-23-22-24-27-29-32-35-42-48-54-60-72(6)9-3)69-93-97(85,86)91-65-73(80)66-92-98(87,88)94-70-75(68-89-76(81)61-55-49-43-36-19-17-15-13-11-8-2)96-79(84)64-58-52-46-40-39-41-47-53-59-71(4)5/h71-75,80H,7-70H2,1-6H3,(H,85,86)(H,87,88)/t72?,73-,74-,75-/m1/s1. The summed E-state index contributed by atoms with van der Waals surface area (Å²) in [6.45, 7) is 9.63. The molecule has 0 rings (SSSR count). The summed E-state index contributed by atoms with van der Waals surface area (Å²) in [4.78, 5) is 72.9. The van der Waals surface area contributed by atoms with Gasteiger partial charge in [0.1, 0.15) is 19.3 Å². The third-order valence-electron chi connectivity index (χ3n) is 18.8. The first kappa shape index (κ1) is 96.1. The number of carbonyl (C=O) groups is 4. The molecule has 0 heterocycles. The molecule has 0 bridgehead atoms. The van der Waals surface area contributed by atoms with Crippen LogP contribution in [0.4, 0.5) is 0 Å². The van der Waals surface area contributed by atoms with Gasteiger partial charge in [0.15, 0.2) is 12.2 Å². The van der Waals surface area contributed by atoms with Gasteiger partial charge in [0.2, 0.25) is 0 Å². The van der Waals surface area contributed by atoms with Gasteiger partial charge in [0.05, 0.1) is 26.4 Å². The molecular weight excluding hydrogens is 1280 g/mol. The van der Waals surface area contributed by atoms with Crippen molar-refractivity contribution in [2.75, 3.05) is 39.6 Å². The minimum absolute atomic E-state index is 0.105. The molecule has 19 heteroatoms. The van der Waals surface area contributed by atoms with Crippen molar-refractivity contribution in [3.63, 3.8) is 0 Å². The molecule has 98 heavy (non-hydrogen) atoms. The van der Waals surface area contributed by atoms with Crippen molar-refractivity contribution in [1.82, 2.24) is 0 Å². The van der Waals surface area contributed by atoms with Gasteiger partial charge in [-0.3, -0.25) is 37.3 Å². The fraction of sp³-hybridized carbons (Fsp3) is 0.949. The topological polar surface area (TPSA) is 237 Å². The number of phosphoric acid groups is 2. The Labute approximate surface area is 600 Å². The maximum absolute atomic E-state index is 13.1. The van der Waals surface area contributed by atoms with E-state index in [-0.39, 0.29) is 25.7 Å². The van der Waals surface area contributed by atoms with Crippen molar-refractivity contribution in [1.29, 1.82) is 0 Å². The monoisotopic (exact) mass is 1440 g/mol. The van der Waals surface area contributed by atoms with Gasteiger partial charge in [-0.15, -0.1) is 0 Å². The summed E-state index contributed by atoms with van der Waals surface area (Å²) in [5.41, 5.74) is 0. The van der Waals surface area contributed by atoms with E-state index in [2.05, 4.69) is 41.5 Å². The molecular formula is C79H154O17P2. The molecule has 6 atom stereocenters. The molecule has 0 aliphatic rings. The summed E-state index contributed by atoms with van der Waals surface area (Å²) >= 11 is 0. The lowest BCUT2D eigenvalue weighted by molar-refractivity contribution is -0.161. The normalized spacial score (nSPS) is 14.2. The van der Waals surface area contributed by atoms with E-state index in [1.165, 1.54) is 231 Å². The summed E-state index contributed by atoms with van der Waals surface area (Å²) in [7, 11) is -9.91. The summed E-state index contributed by atoms with van der Waals surface area (Å²) in [6, 6.07) is 0. The van der Waals surface area contributed by atoms with E-state index in [1.54, 1.807) is 0 Å². The van der Waals surface area contributed by atoms with E-state index in [1.807, 2.05) is 0 Å². The fourth-order valence-corrected chi connectivity index (χ4v) is 13.7. The predicted octanol–water partition coefficient (Wildman–Crippen LogP) is 23.5. The smallest absolute Gasteiger partial charge is 0.462 e. The van der Waals surface area contributed by atoms with E-state index in [0.29, 0.717) is 25.7 Å². The number of ether oxygens (including phenoxy) is 4. The first-order valence-electron chi connectivity index (χ1n) is 41.0. The second kappa shape index (κ2) is 70.7. The molecule has 0 aliphatic heterocycles. The average Bonchev–Trinajstić information content (AvgIpc) is 1.01. The first-order valence-corrected chi connectivity index (χ1v) is 44.0. The molecule has 3 unspecified atom stereocenters. The molecule has 0 aromatic carbocycles. The van der Waals surface area contributed by atoms with Crippen LogP contribution in [0.25, 0.3) is 0 Å². The summed E-state index contributed by atoms with van der Waals surface area (Å²) < 4.78 is 68.6. The van der Waals surface area contributed by atoms with Crippen molar-refractivity contribution >= 4 is 39.5 Å². The zero-order valence-electron chi connectivity index (χ0n) is 64.1. The second-order valence-corrected chi connectivity index (χ2v) is 32.1. The SMILES string of the molecule is CCCCCCCCCCCCCCCCCC(=O)OC[C@H](COP(=O)(O)OC[C@@H](O)COP(=O)(O)OC[C@@H](COC(=O)CCCCCCCCCCCC)OC(=O)CCCCCCCCCCC(C)C)OC(=O)CCCCCCCCCCCCCCCCCCCCC(C)CC. The van der Waals surface area contributed by atoms with Crippen molar-refractivity contribution in [3.8, 4) is 0 Å². The van der Waals surface area contributed by atoms with Gasteiger partial charge in [-0.25, -0.2) is 9.13 Å². The lowest BCUT2D eigenvalue weighted by atomic mass is 9.99. The maximum Gasteiger partial charge on any atom is 0.472 e. The van der Waals surface area contributed by atoms with Crippen LogP contribution in [0.5, 0.6) is 0 Å². The Hall–Kier alpha value is -1.94. The van der Waals surface area contributed by atoms with Gasteiger partial charge >= 0.3 is 39.5 Å². The number of hydrogen-bond donors (Lipinski definition) is 3. The van der Waals surface area contributed by atoms with Gasteiger partial charge < -0.3 is 33.8 Å².